The Hall–Kier alpha value is -7.47. The van der Waals surface area contributed by atoms with E-state index in [2.05, 4.69) is 193 Å². The number of hydrogen-bond acceptors (Lipinski definition) is 4. The fourth-order valence-corrected chi connectivity index (χ4v) is 9.76. The maximum Gasteiger partial charge on any atom is 0.166 e. The topological polar surface area (TPSA) is 43.6 Å². The molecule has 4 nitrogen and oxygen atoms in total. The van der Waals surface area contributed by atoms with Crippen LogP contribution >= 0.6 is 11.3 Å². The number of thiophene rings is 1. The highest BCUT2D eigenvalue weighted by molar-refractivity contribution is 7.25. The molecule has 5 heteroatoms. The van der Waals surface area contributed by atoms with E-state index in [0.717, 1.165) is 55.3 Å². The third-order valence-electron chi connectivity index (χ3n) is 11.4. The Morgan fingerprint density at radius 3 is 1.79 bits per heavy atom. The van der Waals surface area contributed by atoms with Gasteiger partial charge in [0.05, 0.1) is 22.3 Å². The van der Waals surface area contributed by atoms with Gasteiger partial charge in [0.1, 0.15) is 0 Å². The summed E-state index contributed by atoms with van der Waals surface area (Å²) in [5, 5.41) is 9.46. The van der Waals surface area contributed by atoms with Crippen molar-refractivity contribution in [3.8, 4) is 51.0 Å². The van der Waals surface area contributed by atoms with Gasteiger partial charge in [-0.2, -0.15) is 0 Å². The predicted octanol–water partition coefficient (Wildman–Crippen LogP) is 14.3. The van der Waals surface area contributed by atoms with Gasteiger partial charge in [0.2, 0.25) is 0 Å². The van der Waals surface area contributed by atoms with E-state index in [9.17, 15) is 0 Å². The lowest BCUT2D eigenvalue weighted by atomic mass is 10.0. The average Bonchev–Trinajstić information content (AvgIpc) is 3.83. The average molecular weight is 757 g/mol. The summed E-state index contributed by atoms with van der Waals surface area (Å²) in [5.74, 6) is 1.88. The summed E-state index contributed by atoms with van der Waals surface area (Å²) in [4.78, 5) is 16.2. The van der Waals surface area contributed by atoms with E-state index in [1.165, 1.54) is 41.7 Å². The highest BCUT2D eigenvalue weighted by Gasteiger charge is 2.22. The van der Waals surface area contributed by atoms with Crippen molar-refractivity contribution in [2.24, 2.45) is 0 Å². The van der Waals surface area contributed by atoms with Gasteiger partial charge in [-0.25, -0.2) is 15.0 Å². The summed E-state index contributed by atoms with van der Waals surface area (Å²) in [6.07, 6.45) is 0. The zero-order valence-corrected chi connectivity index (χ0v) is 32.0. The van der Waals surface area contributed by atoms with Gasteiger partial charge in [0, 0.05) is 42.1 Å². The molecule has 9 aromatic carbocycles. The lowest BCUT2D eigenvalue weighted by molar-refractivity contribution is 1.07. The van der Waals surface area contributed by atoms with Gasteiger partial charge in [-0.05, 0) is 87.3 Å². The molecule has 270 valence electrons. The van der Waals surface area contributed by atoms with Crippen LogP contribution in [-0.4, -0.2) is 19.5 Å². The summed E-state index contributed by atoms with van der Waals surface area (Å²) < 4.78 is 4.91. The molecule has 12 rings (SSSR count). The van der Waals surface area contributed by atoms with Crippen LogP contribution in [0.25, 0.3) is 115 Å². The second-order valence-corrected chi connectivity index (χ2v) is 15.9. The van der Waals surface area contributed by atoms with Crippen molar-refractivity contribution in [1.82, 2.24) is 19.5 Å². The van der Waals surface area contributed by atoms with E-state index in [0.29, 0.717) is 17.5 Å². The molecule has 0 saturated heterocycles. The monoisotopic (exact) mass is 756 g/mol. The van der Waals surface area contributed by atoms with Crippen LogP contribution in [0.3, 0.4) is 0 Å². The molecule has 0 atom stereocenters. The fraction of sp³-hybridized carbons (Fsp3) is 0. The maximum absolute atomic E-state index is 5.45. The van der Waals surface area contributed by atoms with E-state index in [-0.39, 0.29) is 0 Å². The molecule has 0 fully saturated rings. The molecule has 0 aliphatic rings. The van der Waals surface area contributed by atoms with Crippen molar-refractivity contribution in [2.45, 2.75) is 0 Å². The van der Waals surface area contributed by atoms with Crippen LogP contribution in [0.5, 0.6) is 0 Å². The van der Waals surface area contributed by atoms with Gasteiger partial charge >= 0.3 is 0 Å². The van der Waals surface area contributed by atoms with Gasteiger partial charge in [-0.1, -0.05) is 140 Å². The molecule has 0 aliphatic carbocycles. The molecule has 0 bridgehead atoms. The quantitative estimate of drug-likeness (QED) is 0.176. The number of para-hydroxylation sites is 1. The molecular formula is C53H32N4S. The molecule has 0 radical (unpaired) electrons. The highest BCUT2D eigenvalue weighted by Crippen LogP contribution is 2.42. The van der Waals surface area contributed by atoms with Crippen LogP contribution in [0.15, 0.2) is 194 Å². The van der Waals surface area contributed by atoms with E-state index >= 15 is 0 Å². The minimum Gasteiger partial charge on any atom is -0.308 e. The molecule has 0 unspecified atom stereocenters. The Morgan fingerprint density at radius 2 is 0.948 bits per heavy atom. The molecule has 0 N–H and O–H groups in total. The van der Waals surface area contributed by atoms with E-state index in [1.54, 1.807) is 0 Å². The second kappa shape index (κ2) is 13.1. The van der Waals surface area contributed by atoms with Gasteiger partial charge in [-0.3, -0.25) is 0 Å². The van der Waals surface area contributed by atoms with Crippen LogP contribution in [-0.2, 0) is 0 Å². The normalized spacial score (nSPS) is 11.8. The number of aromatic nitrogens is 4. The van der Waals surface area contributed by atoms with E-state index < -0.39 is 0 Å². The fourth-order valence-electron chi connectivity index (χ4n) is 8.68. The molecule has 58 heavy (non-hydrogen) atoms. The Bertz CT molecular complexity index is 3580. The van der Waals surface area contributed by atoms with E-state index in [1.807, 2.05) is 17.4 Å². The highest BCUT2D eigenvalue weighted by atomic mass is 32.1. The molecule has 3 aromatic heterocycles. The van der Waals surface area contributed by atoms with Crippen molar-refractivity contribution < 1.29 is 0 Å². The van der Waals surface area contributed by atoms with Crippen molar-refractivity contribution in [3.63, 3.8) is 0 Å². The zero-order chi connectivity index (χ0) is 38.2. The number of hydrogen-bond donors (Lipinski definition) is 0. The van der Waals surface area contributed by atoms with Crippen molar-refractivity contribution >= 4 is 74.9 Å². The molecule has 0 aliphatic heterocycles. The minimum atomic E-state index is 0.624. The standard InChI is InChI=1S/C53H32N4S/c1-2-13-33(14-3-1)35-18-12-19-38(29-35)51-54-52(39-26-28-49-44(31-39)42-22-9-11-24-48(42)58-49)56-53(55-51)50-40-20-7-6-15-34(40)25-27-46(50)57-45-23-10-8-21-41(45)43-30-36-16-4-5-17-37(36)32-47(43)57/h1-32H. The summed E-state index contributed by atoms with van der Waals surface area (Å²) in [5.41, 5.74) is 8.37. The number of rotatable bonds is 5. The minimum absolute atomic E-state index is 0.624. The van der Waals surface area contributed by atoms with Gasteiger partial charge in [-0.15, -0.1) is 11.3 Å². The first kappa shape index (κ1) is 32.7. The van der Waals surface area contributed by atoms with Crippen LogP contribution in [0.2, 0.25) is 0 Å². The zero-order valence-electron chi connectivity index (χ0n) is 31.2. The Kier molecular flexibility index (Phi) is 7.37. The summed E-state index contributed by atoms with van der Waals surface area (Å²) >= 11 is 1.81. The maximum atomic E-state index is 5.45. The Balaban J connectivity index is 1.17. The van der Waals surface area contributed by atoms with Crippen LogP contribution in [0.1, 0.15) is 0 Å². The first-order valence-electron chi connectivity index (χ1n) is 19.5. The summed E-state index contributed by atoms with van der Waals surface area (Å²) in [7, 11) is 0. The molecule has 0 amide bonds. The van der Waals surface area contributed by atoms with Crippen LogP contribution in [0.4, 0.5) is 0 Å². The van der Waals surface area contributed by atoms with Gasteiger partial charge < -0.3 is 4.57 Å². The molecule has 0 spiro atoms. The number of fused-ring (bicyclic) bond motifs is 8. The molecule has 12 aromatic rings. The van der Waals surface area contributed by atoms with Gasteiger partial charge in [0.25, 0.3) is 0 Å². The first-order chi connectivity index (χ1) is 28.7. The largest absolute Gasteiger partial charge is 0.308 e. The predicted molar refractivity (Wildman–Crippen MR) is 244 cm³/mol. The lowest BCUT2D eigenvalue weighted by Gasteiger charge is -2.17. The van der Waals surface area contributed by atoms with Crippen molar-refractivity contribution in [2.75, 3.05) is 0 Å². The summed E-state index contributed by atoms with van der Waals surface area (Å²) in [6, 6.07) is 69.2. The van der Waals surface area contributed by atoms with Crippen molar-refractivity contribution in [1.29, 1.82) is 0 Å². The van der Waals surface area contributed by atoms with Crippen LogP contribution in [0, 0.1) is 0 Å². The van der Waals surface area contributed by atoms with E-state index in [4.69, 9.17) is 15.0 Å². The third kappa shape index (κ3) is 5.25. The summed E-state index contributed by atoms with van der Waals surface area (Å²) in [6.45, 7) is 0. The van der Waals surface area contributed by atoms with Gasteiger partial charge in [0.15, 0.2) is 17.5 Å². The van der Waals surface area contributed by atoms with Crippen molar-refractivity contribution in [3.05, 3.63) is 194 Å². The molecule has 3 heterocycles. The Labute approximate surface area is 338 Å². The lowest BCUT2D eigenvalue weighted by Crippen LogP contribution is -2.04. The Morgan fingerprint density at radius 1 is 0.328 bits per heavy atom. The first-order valence-corrected chi connectivity index (χ1v) is 20.3. The number of benzene rings is 9. The smallest absolute Gasteiger partial charge is 0.166 e. The number of nitrogens with zero attached hydrogens (tertiary/aromatic N) is 4. The van der Waals surface area contributed by atoms with Crippen LogP contribution < -0.4 is 0 Å². The third-order valence-corrected chi connectivity index (χ3v) is 12.6. The molecule has 0 saturated carbocycles. The second-order valence-electron chi connectivity index (χ2n) is 14.8. The molecular weight excluding hydrogens is 725 g/mol. The SMILES string of the molecule is c1ccc(-c2cccc(-c3nc(-c4ccc5sc6ccccc6c5c4)nc(-c4c(-n5c6ccccc6c6cc7ccccc7cc65)ccc5ccccc45)n3)c2)cc1.